The van der Waals surface area contributed by atoms with Crippen LogP contribution in [0.2, 0.25) is 0 Å². The van der Waals surface area contributed by atoms with Gasteiger partial charge < -0.3 is 32.3 Å². The Balaban J connectivity index is 0.000000202. The number of benzene rings is 3. The zero-order chi connectivity index (χ0) is 62.2. The predicted molar refractivity (Wildman–Crippen MR) is 335 cm³/mol. The van der Waals surface area contributed by atoms with Gasteiger partial charge in [0.05, 0.1) is 29.9 Å². The van der Waals surface area contributed by atoms with E-state index >= 15 is 0 Å². The molecule has 1 unspecified atom stereocenters. The standard InChI is InChI=1S/2C22H23N3O2.C22H21N3O2.CH5NO.CH4.CH3.K.H2O/c1-13-17-10-9-16-19(22(17,2)11-15-12-23-27-18(13)15)24-20(25(3)21(16)26)14-7-5-4-6-8-14;2*1-13-16-11-10-15-19(22(16,2)12-17(23-3)18(13)26)24-20(25(4)21(15)27)14-8-6-5-7-9-14;1-2-3;;;;/h4-8,12-13,17H,9-11H2,1-3H3;5-9,13,16-17H,10-12H2,1-2,4H3;5-9,12-13,16H,10-11H2,1-2,4H3;2-3H,1H3;1H4;1H3;;1H2/q;;;;;-1;+1;/p-1/t13-,17-,22-;13-,16-,17?,22-;13-,16-,22-;;;;;/m000...../s1/i;;;;1T;;;. The summed E-state index contributed by atoms with van der Waals surface area (Å²) in [5.41, 5.74) is 9.48. The number of hydrogen-bond acceptors (Lipinski definition) is 13. The normalized spacial score (nSPS) is 25.5. The van der Waals surface area contributed by atoms with E-state index in [2.05, 4.69) is 35.6 Å². The van der Waals surface area contributed by atoms with Crippen molar-refractivity contribution in [1.29, 1.82) is 0 Å². The van der Waals surface area contributed by atoms with Crippen molar-refractivity contribution >= 4 is 11.6 Å². The number of hydroxylamine groups is 1. The number of allylic oxidation sites excluding steroid dienone is 2. The van der Waals surface area contributed by atoms with E-state index < -0.39 is 16.9 Å². The van der Waals surface area contributed by atoms with Crippen LogP contribution in [0.5, 0.6) is 0 Å². The number of rotatable bonds is 3. The van der Waals surface area contributed by atoms with Gasteiger partial charge in [0.25, 0.3) is 22.7 Å². The molecule has 19 heteroatoms. The molecule has 6 aliphatic rings. The van der Waals surface area contributed by atoms with Crippen LogP contribution in [0, 0.1) is 50.2 Å². The van der Waals surface area contributed by atoms with Gasteiger partial charge in [-0.25, -0.2) is 31.8 Å². The molecular formula is C69H80KN10O8-. The minimum Gasteiger partial charge on any atom is -0.870 e. The largest absolute Gasteiger partial charge is 1.00 e. The molecule has 6 aliphatic carbocycles. The minimum absolute atomic E-state index is 0. The van der Waals surface area contributed by atoms with E-state index in [9.17, 15) is 24.0 Å². The number of Topliss-reactive ketones (excluding diaryl/α,β-unsaturated/α-hetero) is 2. The average molecular weight is 1220 g/mol. The van der Waals surface area contributed by atoms with Crippen molar-refractivity contribution in [3.05, 3.63) is 215 Å². The second-order valence-corrected chi connectivity index (χ2v) is 24.3. The maximum Gasteiger partial charge on any atom is 1.00 e. The summed E-state index contributed by atoms with van der Waals surface area (Å²) in [5, 5.41) is 11.4. The van der Waals surface area contributed by atoms with Gasteiger partial charge in [-0.05, 0) is 62.7 Å². The monoisotopic (exact) mass is 1220 g/mol. The number of carbonyl (C=O) groups is 2. The van der Waals surface area contributed by atoms with Crippen molar-refractivity contribution in [1.82, 2.24) is 39.3 Å². The quantitative estimate of drug-likeness (QED) is 0.0988. The third-order valence-electron chi connectivity index (χ3n) is 19.6. The Bertz CT molecular complexity index is 4040. The molecule has 10 atom stereocenters. The molecule has 0 amide bonds. The van der Waals surface area contributed by atoms with Crippen LogP contribution in [-0.4, -0.2) is 69.1 Å². The van der Waals surface area contributed by atoms with Crippen LogP contribution in [0.4, 0.5) is 0 Å². The number of nitrogens with zero attached hydrogens (tertiary/aromatic N) is 9. The van der Waals surface area contributed by atoms with Gasteiger partial charge in [-0.15, -0.1) is 0 Å². The van der Waals surface area contributed by atoms with Crippen molar-refractivity contribution < 1.29 is 77.6 Å². The Labute approximate surface area is 559 Å². The molecule has 7 aromatic rings. The summed E-state index contributed by atoms with van der Waals surface area (Å²) in [7, 11) is 8.02. The molecule has 3 aromatic carbocycles. The summed E-state index contributed by atoms with van der Waals surface area (Å²) in [6.07, 6.45) is 9.42. The number of nitrogens with one attached hydrogen (secondary N) is 1. The summed E-state index contributed by atoms with van der Waals surface area (Å²) >= 11 is 0. The molecule has 0 bridgehead atoms. The molecule has 0 saturated heterocycles. The topological polar surface area (TPSA) is 236 Å². The van der Waals surface area contributed by atoms with Gasteiger partial charge in [0.15, 0.2) is 5.78 Å². The van der Waals surface area contributed by atoms with E-state index in [1.165, 1.54) is 14.5 Å². The first kappa shape index (κ1) is 68.6. The Morgan fingerprint density at radius 3 is 1.48 bits per heavy atom. The molecule has 1 saturated carbocycles. The molecule has 0 radical (unpaired) electrons. The number of ketones is 2. The average Bonchev–Trinajstić information content (AvgIpc) is 1.26. The van der Waals surface area contributed by atoms with Gasteiger partial charge in [0.2, 0.25) is 11.5 Å². The van der Waals surface area contributed by atoms with Crippen molar-refractivity contribution in [3.8, 4) is 34.2 Å². The molecule has 13 rings (SSSR count). The zero-order valence-corrected chi connectivity index (χ0v) is 56.0. The first-order chi connectivity index (χ1) is 41.2. The molecule has 3 N–H and O–H groups in total. The van der Waals surface area contributed by atoms with Gasteiger partial charge >= 0.3 is 51.4 Å². The number of aromatic nitrogens is 7. The second kappa shape index (κ2) is 27.9. The van der Waals surface area contributed by atoms with Gasteiger partial charge in [-0.2, -0.15) is 0 Å². The van der Waals surface area contributed by atoms with Crippen molar-refractivity contribution in [2.45, 2.75) is 129 Å². The molecule has 18 nitrogen and oxygen atoms in total. The zero-order valence-electron chi connectivity index (χ0n) is 53.9. The van der Waals surface area contributed by atoms with E-state index in [1.807, 2.05) is 125 Å². The van der Waals surface area contributed by atoms with Gasteiger partial charge in [-0.1, -0.05) is 151 Å². The Morgan fingerprint density at radius 1 is 0.648 bits per heavy atom. The van der Waals surface area contributed by atoms with Crippen molar-refractivity contribution in [2.24, 2.45) is 50.7 Å². The van der Waals surface area contributed by atoms with E-state index in [1.54, 1.807) is 39.4 Å². The Morgan fingerprint density at radius 2 is 1.05 bits per heavy atom. The first-order valence-corrected chi connectivity index (χ1v) is 28.9. The molecule has 0 spiro atoms. The summed E-state index contributed by atoms with van der Waals surface area (Å²) < 4.78 is 16.2. The molecule has 1 fully saturated rings. The molecule has 88 heavy (non-hydrogen) atoms. The van der Waals surface area contributed by atoms with Gasteiger partial charge in [0, 0.05) is 109 Å². The Kier molecular flexibility index (Phi) is 21.7. The van der Waals surface area contributed by atoms with Crippen LogP contribution in [0.25, 0.3) is 43.9 Å². The maximum absolute atomic E-state index is 13.2. The third kappa shape index (κ3) is 11.9. The van der Waals surface area contributed by atoms with E-state index in [0.29, 0.717) is 42.4 Å². The Hall–Kier alpha value is -6.91. The number of carbonyl (C=O) groups excluding carboxylic acids is 2. The summed E-state index contributed by atoms with van der Waals surface area (Å²) in [5.74, 6) is 3.38. The van der Waals surface area contributed by atoms with E-state index in [-0.39, 0.29) is 133 Å². The third-order valence-corrected chi connectivity index (χ3v) is 19.6. The molecule has 456 valence electrons. The van der Waals surface area contributed by atoms with Crippen LogP contribution >= 0.6 is 0 Å². The molecule has 4 aromatic heterocycles. The predicted octanol–water partition coefficient (Wildman–Crippen LogP) is 7.58. The van der Waals surface area contributed by atoms with Crippen LogP contribution in [0.15, 0.2) is 128 Å². The van der Waals surface area contributed by atoms with Gasteiger partial charge in [0.1, 0.15) is 23.2 Å². The fourth-order valence-corrected chi connectivity index (χ4v) is 15.2. The summed E-state index contributed by atoms with van der Waals surface area (Å²) in [6.45, 7) is 27.3. The number of fused-ring (bicyclic) bond motifs is 10. The molecule has 0 aliphatic heterocycles. The van der Waals surface area contributed by atoms with E-state index in [4.69, 9.17) is 39.2 Å². The van der Waals surface area contributed by atoms with Crippen LogP contribution in [0.3, 0.4) is 0 Å². The fourth-order valence-electron chi connectivity index (χ4n) is 15.2. The van der Waals surface area contributed by atoms with Crippen LogP contribution < -0.4 is 73.5 Å². The number of hydrogen-bond donors (Lipinski definition) is 2. The van der Waals surface area contributed by atoms with Gasteiger partial charge in [-0.3, -0.25) is 32.9 Å². The fraction of sp³-hybridized carbons (Fsp3) is 0.420. The minimum atomic E-state index is -0.641. The van der Waals surface area contributed by atoms with E-state index in [0.717, 1.165) is 94.2 Å². The first-order valence-electron chi connectivity index (χ1n) is 29.9. The molecule has 4 heterocycles. The SMILES string of the molecule is CNO.C[C@@H]1c2oncc2C[C@]2(C)c3nc(-c4ccccc4)n(C)c(=O)c3CC[C@@H]12.[3H]C.[C-]#[N+]C1=C[C@]2(C)c3nc(-c4ccccc4)n(C)c(=O)c3CC[C@H]2[C@H](C)C1=O.[C-]#[N+]C1C[C@]2(C)c3nc(-c4ccccc4)n(C)c(=O)c3CC[C@H]2[C@H](C)C1=O.[CH3-].[K+].[OH-]. The second-order valence-electron chi connectivity index (χ2n) is 24.3. The summed E-state index contributed by atoms with van der Waals surface area (Å²) in [4.78, 5) is 86.6. The maximum atomic E-state index is 13.2. The summed E-state index contributed by atoms with van der Waals surface area (Å²) in [6, 6.07) is 28.7. The van der Waals surface area contributed by atoms with Crippen molar-refractivity contribution in [3.63, 3.8) is 0 Å². The van der Waals surface area contributed by atoms with Crippen LogP contribution in [-0.2, 0) is 72.7 Å². The smallest absolute Gasteiger partial charge is 0.870 e. The van der Waals surface area contributed by atoms with Crippen LogP contribution in [0.1, 0.15) is 127 Å². The van der Waals surface area contributed by atoms with Crippen molar-refractivity contribution in [2.75, 3.05) is 7.05 Å². The molecular weight excluding hydrogens is 1140 g/mol.